The van der Waals surface area contributed by atoms with Crippen molar-refractivity contribution in [3.63, 3.8) is 0 Å². The van der Waals surface area contributed by atoms with Gasteiger partial charge in [-0.05, 0) is 58.5 Å². The van der Waals surface area contributed by atoms with E-state index in [4.69, 9.17) is 4.98 Å². The van der Waals surface area contributed by atoms with Gasteiger partial charge in [0.2, 0.25) is 0 Å². The van der Waals surface area contributed by atoms with E-state index < -0.39 is 0 Å². The first-order valence-corrected chi connectivity index (χ1v) is 9.03. The second kappa shape index (κ2) is 6.76. The summed E-state index contributed by atoms with van der Waals surface area (Å²) in [5.74, 6) is 1.04. The average Bonchev–Trinajstić information content (AvgIpc) is 2.59. The van der Waals surface area contributed by atoms with Gasteiger partial charge in [-0.25, -0.2) is 0 Å². The molecule has 0 atom stereocenters. The van der Waals surface area contributed by atoms with Gasteiger partial charge in [0.25, 0.3) is 0 Å². The summed E-state index contributed by atoms with van der Waals surface area (Å²) in [6.07, 6.45) is 3.01. The van der Waals surface area contributed by atoms with Gasteiger partial charge in [-0.3, -0.25) is 4.98 Å². The van der Waals surface area contributed by atoms with Crippen molar-refractivity contribution in [3.05, 3.63) is 65.4 Å². The summed E-state index contributed by atoms with van der Waals surface area (Å²) >= 11 is 0. The van der Waals surface area contributed by atoms with Crippen LogP contribution in [0.15, 0.2) is 48.7 Å². The van der Waals surface area contributed by atoms with Crippen molar-refractivity contribution in [2.45, 2.75) is 52.9 Å². The molecule has 0 aliphatic carbocycles. The summed E-state index contributed by atoms with van der Waals surface area (Å²) in [6, 6.07) is 15.3. The van der Waals surface area contributed by atoms with E-state index in [0.29, 0.717) is 11.8 Å². The van der Waals surface area contributed by atoms with E-state index in [2.05, 4.69) is 77.1 Å². The minimum atomic E-state index is 0.521. The number of nitrogens with zero attached hydrogens (tertiary/aromatic N) is 1. The quantitative estimate of drug-likeness (QED) is 0.521. The molecular weight excluding hydrogens is 290 g/mol. The van der Waals surface area contributed by atoms with Crippen LogP contribution in [0.3, 0.4) is 0 Å². The second-order valence-electron chi connectivity index (χ2n) is 7.18. The highest BCUT2D eigenvalue weighted by molar-refractivity contribution is 5.94. The third-order valence-corrected chi connectivity index (χ3v) is 4.86. The monoisotopic (exact) mass is 317 g/mol. The van der Waals surface area contributed by atoms with Crippen molar-refractivity contribution in [3.8, 4) is 11.3 Å². The molecule has 0 saturated heterocycles. The zero-order valence-electron chi connectivity index (χ0n) is 15.4. The number of pyridine rings is 1. The molecule has 24 heavy (non-hydrogen) atoms. The van der Waals surface area contributed by atoms with E-state index in [9.17, 15) is 0 Å². The van der Waals surface area contributed by atoms with Gasteiger partial charge in [-0.15, -0.1) is 0 Å². The van der Waals surface area contributed by atoms with E-state index in [1.54, 1.807) is 0 Å². The first-order chi connectivity index (χ1) is 11.5. The molecule has 0 bridgehead atoms. The molecular formula is C23H27N. The minimum absolute atomic E-state index is 0.521. The lowest BCUT2D eigenvalue weighted by atomic mass is 9.84. The normalized spacial score (nSPS) is 11.6. The Morgan fingerprint density at radius 2 is 1.50 bits per heavy atom. The molecule has 3 rings (SSSR count). The Kier molecular flexibility index (Phi) is 4.71. The molecule has 124 valence electrons. The van der Waals surface area contributed by atoms with Crippen molar-refractivity contribution in [1.29, 1.82) is 0 Å². The maximum Gasteiger partial charge on any atom is 0.0780 e. The molecule has 2 aromatic carbocycles. The highest BCUT2D eigenvalue weighted by Crippen LogP contribution is 2.35. The Morgan fingerprint density at radius 1 is 0.875 bits per heavy atom. The fraction of sp³-hybridized carbons (Fsp3) is 0.348. The van der Waals surface area contributed by atoms with Crippen molar-refractivity contribution >= 4 is 10.8 Å². The zero-order chi connectivity index (χ0) is 17.3. The summed E-state index contributed by atoms with van der Waals surface area (Å²) in [5, 5.41) is 2.48. The Morgan fingerprint density at radius 3 is 2.08 bits per heavy atom. The van der Waals surface area contributed by atoms with Crippen LogP contribution in [0.5, 0.6) is 0 Å². The van der Waals surface area contributed by atoms with Crippen LogP contribution in [0.1, 0.15) is 63.1 Å². The zero-order valence-corrected chi connectivity index (χ0v) is 15.4. The first-order valence-electron chi connectivity index (χ1n) is 9.03. The largest absolute Gasteiger partial charge is 0.256 e. The molecule has 1 aromatic heterocycles. The van der Waals surface area contributed by atoms with Crippen LogP contribution in [0.25, 0.3) is 22.0 Å². The van der Waals surface area contributed by atoms with Crippen LogP contribution >= 0.6 is 0 Å². The Hall–Kier alpha value is -2.15. The maximum absolute atomic E-state index is 4.73. The molecule has 0 aliphatic rings. The lowest BCUT2D eigenvalue weighted by molar-refractivity contribution is 0.801. The van der Waals surface area contributed by atoms with Gasteiger partial charge in [-0.2, -0.15) is 0 Å². The molecule has 1 heterocycles. The van der Waals surface area contributed by atoms with Gasteiger partial charge < -0.3 is 0 Å². The average molecular weight is 317 g/mol. The summed E-state index contributed by atoms with van der Waals surface area (Å²) in [6.45, 7) is 11.4. The van der Waals surface area contributed by atoms with Gasteiger partial charge in [0.15, 0.2) is 0 Å². The fourth-order valence-corrected chi connectivity index (χ4v) is 3.64. The van der Waals surface area contributed by atoms with Gasteiger partial charge in [0.05, 0.1) is 5.69 Å². The topological polar surface area (TPSA) is 12.9 Å². The highest BCUT2D eigenvalue weighted by Gasteiger charge is 2.16. The highest BCUT2D eigenvalue weighted by atomic mass is 14.7. The molecule has 0 saturated carbocycles. The molecule has 0 amide bonds. The third kappa shape index (κ3) is 2.96. The minimum Gasteiger partial charge on any atom is -0.256 e. The molecule has 0 unspecified atom stereocenters. The SMILES string of the molecule is CCc1c(C(C)C)cc(-c2nccc3ccccc23)cc1C(C)C. The summed E-state index contributed by atoms with van der Waals surface area (Å²) in [7, 11) is 0. The van der Waals surface area contributed by atoms with Crippen molar-refractivity contribution in [1.82, 2.24) is 4.98 Å². The summed E-state index contributed by atoms with van der Waals surface area (Å²) < 4.78 is 0. The van der Waals surface area contributed by atoms with Gasteiger partial charge >= 0.3 is 0 Å². The number of fused-ring (bicyclic) bond motifs is 1. The van der Waals surface area contributed by atoms with Crippen LogP contribution in [0, 0.1) is 0 Å². The van der Waals surface area contributed by atoms with Crippen LogP contribution in [-0.2, 0) is 6.42 Å². The Labute approximate surface area is 145 Å². The first kappa shape index (κ1) is 16.7. The van der Waals surface area contributed by atoms with Gasteiger partial charge in [0, 0.05) is 17.1 Å². The van der Waals surface area contributed by atoms with Crippen LogP contribution < -0.4 is 0 Å². The molecule has 0 radical (unpaired) electrons. The number of rotatable bonds is 4. The van der Waals surface area contributed by atoms with Crippen molar-refractivity contribution in [2.75, 3.05) is 0 Å². The molecule has 0 N–H and O–H groups in total. The smallest absolute Gasteiger partial charge is 0.0780 e. The molecule has 0 fully saturated rings. The van der Waals surface area contributed by atoms with E-state index in [-0.39, 0.29) is 0 Å². The fourth-order valence-electron chi connectivity index (χ4n) is 3.64. The van der Waals surface area contributed by atoms with Gasteiger partial charge in [0.1, 0.15) is 0 Å². The predicted molar refractivity (Wildman–Crippen MR) is 105 cm³/mol. The third-order valence-electron chi connectivity index (χ3n) is 4.86. The van der Waals surface area contributed by atoms with E-state index in [1.807, 2.05) is 6.20 Å². The lowest BCUT2D eigenvalue weighted by Gasteiger charge is -2.21. The number of aromatic nitrogens is 1. The lowest BCUT2D eigenvalue weighted by Crippen LogP contribution is -2.04. The summed E-state index contributed by atoms with van der Waals surface area (Å²) in [4.78, 5) is 4.73. The number of hydrogen-bond donors (Lipinski definition) is 0. The number of benzene rings is 2. The van der Waals surface area contributed by atoms with Crippen molar-refractivity contribution in [2.24, 2.45) is 0 Å². The van der Waals surface area contributed by atoms with Crippen LogP contribution in [-0.4, -0.2) is 4.98 Å². The van der Waals surface area contributed by atoms with E-state index in [0.717, 1.165) is 12.1 Å². The Balaban J connectivity index is 2.31. The van der Waals surface area contributed by atoms with E-state index >= 15 is 0 Å². The van der Waals surface area contributed by atoms with Crippen LogP contribution in [0.4, 0.5) is 0 Å². The van der Waals surface area contributed by atoms with Gasteiger partial charge in [-0.1, -0.05) is 58.9 Å². The molecule has 0 aliphatic heterocycles. The second-order valence-corrected chi connectivity index (χ2v) is 7.18. The molecule has 0 spiro atoms. The Bertz CT molecular complexity index is 825. The number of hydrogen-bond acceptors (Lipinski definition) is 1. The van der Waals surface area contributed by atoms with E-state index in [1.165, 1.54) is 33.0 Å². The molecule has 1 nitrogen and oxygen atoms in total. The standard InChI is InChI=1S/C23H27N/c1-6-19-21(15(2)3)13-18(14-22(19)16(4)5)23-20-10-8-7-9-17(20)11-12-24-23/h7-16H,6H2,1-5H3. The van der Waals surface area contributed by atoms with Crippen molar-refractivity contribution < 1.29 is 0 Å². The summed E-state index contributed by atoms with van der Waals surface area (Å²) in [5.41, 5.74) is 6.79. The molecule has 1 heteroatoms. The van der Waals surface area contributed by atoms with Crippen LogP contribution in [0.2, 0.25) is 0 Å². The predicted octanol–water partition coefficient (Wildman–Crippen LogP) is 6.71. The maximum atomic E-state index is 4.73. The molecule has 3 aromatic rings.